The Balaban J connectivity index is 1.79. The van der Waals surface area contributed by atoms with E-state index in [2.05, 4.69) is 10.00 Å². The van der Waals surface area contributed by atoms with Crippen molar-refractivity contribution in [3.63, 3.8) is 0 Å². The molecule has 0 N–H and O–H groups in total. The second kappa shape index (κ2) is 7.86. The van der Waals surface area contributed by atoms with Gasteiger partial charge < -0.3 is 14.5 Å². The van der Waals surface area contributed by atoms with Gasteiger partial charge in [-0.25, -0.2) is 4.39 Å². The third-order valence-electron chi connectivity index (χ3n) is 4.63. The zero-order valence-corrected chi connectivity index (χ0v) is 15.5. The van der Waals surface area contributed by atoms with Gasteiger partial charge in [0.2, 0.25) is 5.91 Å². The zero-order valence-electron chi connectivity index (χ0n) is 15.5. The molecule has 1 aliphatic rings. The molecule has 6 nitrogen and oxygen atoms in total. The third-order valence-corrected chi connectivity index (χ3v) is 4.63. The molecule has 2 aromatic rings. The summed E-state index contributed by atoms with van der Waals surface area (Å²) in [7, 11) is 5.55. The molecule has 0 saturated heterocycles. The molecule has 1 aliphatic heterocycles. The van der Waals surface area contributed by atoms with Crippen molar-refractivity contribution < 1.29 is 13.9 Å². The summed E-state index contributed by atoms with van der Waals surface area (Å²) in [4.78, 5) is 17.0. The average molecular weight is 360 g/mol. The number of amides is 1. The van der Waals surface area contributed by atoms with Gasteiger partial charge in [0.05, 0.1) is 25.8 Å². The van der Waals surface area contributed by atoms with Crippen LogP contribution < -0.4 is 4.74 Å². The Hall–Kier alpha value is -2.41. The predicted molar refractivity (Wildman–Crippen MR) is 96.3 cm³/mol. The lowest BCUT2D eigenvalue weighted by Gasteiger charge is -2.26. The highest BCUT2D eigenvalue weighted by molar-refractivity contribution is 5.79. The van der Waals surface area contributed by atoms with E-state index in [9.17, 15) is 9.18 Å². The minimum atomic E-state index is -0.372. The maximum Gasteiger partial charge on any atom is 0.227 e. The summed E-state index contributed by atoms with van der Waals surface area (Å²) in [5.41, 5.74) is 1.73. The van der Waals surface area contributed by atoms with Crippen LogP contribution in [-0.2, 0) is 24.3 Å². The molecule has 7 heteroatoms. The Morgan fingerprint density at radius 3 is 2.88 bits per heavy atom. The zero-order chi connectivity index (χ0) is 18.7. The first-order valence-corrected chi connectivity index (χ1v) is 8.72. The van der Waals surface area contributed by atoms with E-state index in [0.29, 0.717) is 30.3 Å². The Morgan fingerprint density at radius 1 is 1.35 bits per heavy atom. The molecule has 0 fully saturated rings. The molecule has 0 bridgehead atoms. The van der Waals surface area contributed by atoms with E-state index in [1.165, 1.54) is 19.2 Å². The standard InChI is InChI=1S/C19H25FN4O2/c1-22(2)10-14-11-23(13-17-6-7-21-24(17)12-14)19(25)8-15-4-5-16(20)9-18(15)26-3/h4-7,9,14H,8,10-13H2,1-3H3/t14-/m1/s1. The van der Waals surface area contributed by atoms with Gasteiger partial charge in [0.25, 0.3) is 0 Å². The van der Waals surface area contributed by atoms with Crippen LogP contribution in [0.5, 0.6) is 5.75 Å². The molecule has 2 heterocycles. The molecule has 140 valence electrons. The largest absolute Gasteiger partial charge is 0.496 e. The van der Waals surface area contributed by atoms with Crippen LogP contribution in [-0.4, -0.2) is 59.8 Å². The maximum absolute atomic E-state index is 13.4. The summed E-state index contributed by atoms with van der Waals surface area (Å²) in [6, 6.07) is 6.24. The maximum atomic E-state index is 13.4. The van der Waals surface area contributed by atoms with Gasteiger partial charge in [0.1, 0.15) is 11.6 Å². The first-order chi connectivity index (χ1) is 12.5. The first-order valence-electron chi connectivity index (χ1n) is 8.72. The van der Waals surface area contributed by atoms with Crippen LogP contribution in [0.25, 0.3) is 0 Å². The van der Waals surface area contributed by atoms with Crippen LogP contribution in [0.4, 0.5) is 4.39 Å². The van der Waals surface area contributed by atoms with Gasteiger partial charge in [0, 0.05) is 43.4 Å². The fraction of sp³-hybridized carbons (Fsp3) is 0.474. The van der Waals surface area contributed by atoms with E-state index in [0.717, 1.165) is 18.8 Å². The number of benzene rings is 1. The van der Waals surface area contributed by atoms with Crippen molar-refractivity contribution in [3.05, 3.63) is 47.5 Å². The van der Waals surface area contributed by atoms with Gasteiger partial charge in [-0.1, -0.05) is 6.07 Å². The third kappa shape index (κ3) is 4.22. The van der Waals surface area contributed by atoms with E-state index in [1.54, 1.807) is 12.3 Å². The lowest BCUT2D eigenvalue weighted by atomic mass is 10.1. The smallest absolute Gasteiger partial charge is 0.227 e. The number of carbonyl (C=O) groups excluding carboxylic acids is 1. The van der Waals surface area contributed by atoms with Crippen LogP contribution in [0, 0.1) is 11.7 Å². The van der Waals surface area contributed by atoms with Crippen molar-refractivity contribution in [1.82, 2.24) is 19.6 Å². The fourth-order valence-corrected chi connectivity index (χ4v) is 3.49. The molecule has 0 saturated carbocycles. The van der Waals surface area contributed by atoms with Gasteiger partial charge in [-0.05, 0) is 26.2 Å². The number of hydrogen-bond acceptors (Lipinski definition) is 4. The summed E-state index contributed by atoms with van der Waals surface area (Å²) in [6.07, 6.45) is 1.96. The first kappa shape index (κ1) is 18.4. The van der Waals surface area contributed by atoms with Crippen molar-refractivity contribution in [3.8, 4) is 5.75 Å². The Morgan fingerprint density at radius 2 is 2.15 bits per heavy atom. The molecule has 0 unspecified atom stereocenters. The number of nitrogens with zero attached hydrogens (tertiary/aromatic N) is 4. The number of halogens is 1. The quantitative estimate of drug-likeness (QED) is 0.816. The van der Waals surface area contributed by atoms with E-state index in [4.69, 9.17) is 4.74 Å². The van der Waals surface area contributed by atoms with Gasteiger partial charge in [-0.3, -0.25) is 9.48 Å². The van der Waals surface area contributed by atoms with Crippen molar-refractivity contribution in [2.75, 3.05) is 34.3 Å². The number of rotatable bonds is 5. The Labute approximate surface area is 153 Å². The summed E-state index contributed by atoms with van der Waals surface area (Å²) < 4.78 is 20.6. The van der Waals surface area contributed by atoms with E-state index in [1.807, 2.05) is 29.7 Å². The lowest BCUT2D eigenvalue weighted by Crippen LogP contribution is -2.38. The molecule has 3 rings (SSSR count). The SMILES string of the molecule is COc1cc(F)ccc1CC(=O)N1Cc2ccnn2C[C@H](CN(C)C)C1. The Bertz CT molecular complexity index is 775. The number of fused-ring (bicyclic) bond motifs is 1. The lowest BCUT2D eigenvalue weighted by molar-refractivity contribution is -0.131. The highest BCUT2D eigenvalue weighted by Gasteiger charge is 2.26. The monoisotopic (exact) mass is 360 g/mol. The number of methoxy groups -OCH3 is 1. The van der Waals surface area contributed by atoms with Crippen LogP contribution in [0.2, 0.25) is 0 Å². The molecule has 1 aromatic carbocycles. The topological polar surface area (TPSA) is 50.6 Å². The second-order valence-electron chi connectivity index (χ2n) is 7.04. The molecule has 0 aliphatic carbocycles. The molecular weight excluding hydrogens is 335 g/mol. The molecule has 26 heavy (non-hydrogen) atoms. The van der Waals surface area contributed by atoms with Gasteiger partial charge >= 0.3 is 0 Å². The van der Waals surface area contributed by atoms with Crippen LogP contribution in [0.3, 0.4) is 0 Å². The highest BCUT2D eigenvalue weighted by atomic mass is 19.1. The van der Waals surface area contributed by atoms with Crippen LogP contribution >= 0.6 is 0 Å². The number of carbonyl (C=O) groups is 1. The van der Waals surface area contributed by atoms with Crippen molar-refractivity contribution in [2.24, 2.45) is 5.92 Å². The summed E-state index contributed by atoms with van der Waals surface area (Å²) >= 11 is 0. The van der Waals surface area contributed by atoms with Crippen molar-refractivity contribution in [1.29, 1.82) is 0 Å². The summed E-state index contributed by atoms with van der Waals surface area (Å²) in [5.74, 6) is 0.337. The second-order valence-corrected chi connectivity index (χ2v) is 7.04. The van der Waals surface area contributed by atoms with E-state index >= 15 is 0 Å². The highest BCUT2D eigenvalue weighted by Crippen LogP contribution is 2.22. The molecule has 0 radical (unpaired) electrons. The van der Waals surface area contributed by atoms with Gasteiger partial charge in [-0.2, -0.15) is 5.10 Å². The van der Waals surface area contributed by atoms with Crippen molar-refractivity contribution in [2.45, 2.75) is 19.5 Å². The minimum absolute atomic E-state index is 0.00770. The van der Waals surface area contributed by atoms with Crippen LogP contribution in [0.15, 0.2) is 30.5 Å². The van der Waals surface area contributed by atoms with Crippen LogP contribution in [0.1, 0.15) is 11.3 Å². The van der Waals surface area contributed by atoms with Crippen molar-refractivity contribution >= 4 is 5.91 Å². The summed E-state index contributed by atoms with van der Waals surface area (Å²) in [6.45, 7) is 2.88. The summed E-state index contributed by atoms with van der Waals surface area (Å²) in [5, 5.41) is 4.39. The predicted octanol–water partition coefficient (Wildman–Crippen LogP) is 1.79. The minimum Gasteiger partial charge on any atom is -0.496 e. The Kier molecular flexibility index (Phi) is 5.56. The number of aromatic nitrogens is 2. The van der Waals surface area contributed by atoms with E-state index < -0.39 is 0 Å². The molecule has 0 spiro atoms. The van der Waals surface area contributed by atoms with Gasteiger partial charge in [0.15, 0.2) is 0 Å². The fourth-order valence-electron chi connectivity index (χ4n) is 3.49. The van der Waals surface area contributed by atoms with Gasteiger partial charge in [-0.15, -0.1) is 0 Å². The average Bonchev–Trinajstić information content (AvgIpc) is 2.94. The molecule has 1 aromatic heterocycles. The molecule has 1 amide bonds. The number of ether oxygens (including phenoxy) is 1. The molecular formula is C19H25FN4O2. The van der Waals surface area contributed by atoms with E-state index in [-0.39, 0.29) is 18.1 Å². The number of hydrogen-bond donors (Lipinski definition) is 0. The molecule has 1 atom stereocenters. The normalized spacial score (nSPS) is 17.1.